The largest absolute Gasteiger partial charge is 0.496 e. The summed E-state index contributed by atoms with van der Waals surface area (Å²) in [4.78, 5) is 12.6. The minimum atomic E-state index is -0.0540. The Bertz CT molecular complexity index is 1060. The van der Waals surface area contributed by atoms with E-state index < -0.39 is 0 Å². The molecule has 0 spiro atoms. The highest BCUT2D eigenvalue weighted by Gasteiger charge is 2.15. The van der Waals surface area contributed by atoms with Crippen LogP contribution in [0.5, 0.6) is 11.5 Å². The maximum atomic E-state index is 12.6. The predicted molar refractivity (Wildman–Crippen MR) is 115 cm³/mol. The average molecular weight is 390 g/mol. The second-order valence-electron chi connectivity index (χ2n) is 6.99. The van der Waals surface area contributed by atoms with E-state index in [0.29, 0.717) is 12.2 Å². The van der Waals surface area contributed by atoms with Crippen LogP contribution in [0.3, 0.4) is 0 Å². The summed E-state index contributed by atoms with van der Waals surface area (Å²) in [7, 11) is 3.48. The smallest absolute Gasteiger partial charge is 0.189 e. The number of benzene rings is 2. The monoisotopic (exact) mass is 390 g/mol. The molecule has 5 nitrogen and oxygen atoms in total. The molecule has 0 saturated carbocycles. The van der Waals surface area contributed by atoms with Crippen molar-refractivity contribution >= 4 is 11.9 Å². The second-order valence-corrected chi connectivity index (χ2v) is 6.99. The molecule has 0 saturated heterocycles. The topological polar surface area (TPSA) is 53.3 Å². The van der Waals surface area contributed by atoms with E-state index in [2.05, 4.69) is 5.10 Å². The van der Waals surface area contributed by atoms with Gasteiger partial charge in [0.25, 0.3) is 0 Å². The van der Waals surface area contributed by atoms with Crippen molar-refractivity contribution < 1.29 is 14.3 Å². The van der Waals surface area contributed by atoms with E-state index in [1.54, 1.807) is 17.9 Å². The van der Waals surface area contributed by atoms with Gasteiger partial charge >= 0.3 is 0 Å². The van der Waals surface area contributed by atoms with Gasteiger partial charge in [0.15, 0.2) is 5.78 Å². The van der Waals surface area contributed by atoms with Crippen LogP contribution in [0.1, 0.15) is 38.4 Å². The Hall–Kier alpha value is -3.34. The Kier molecular flexibility index (Phi) is 6.17. The summed E-state index contributed by atoms with van der Waals surface area (Å²) < 4.78 is 13.2. The van der Waals surface area contributed by atoms with Gasteiger partial charge in [0.1, 0.15) is 18.1 Å². The molecule has 5 heteroatoms. The van der Waals surface area contributed by atoms with Crippen LogP contribution in [0.15, 0.2) is 48.5 Å². The molecule has 0 unspecified atom stereocenters. The highest BCUT2D eigenvalue weighted by Crippen LogP contribution is 2.24. The number of nitrogens with zero attached hydrogens (tertiary/aromatic N) is 2. The van der Waals surface area contributed by atoms with Gasteiger partial charge in [-0.1, -0.05) is 30.3 Å². The van der Waals surface area contributed by atoms with Gasteiger partial charge < -0.3 is 9.47 Å². The summed E-state index contributed by atoms with van der Waals surface area (Å²) in [6.45, 7) is 6.14. The number of carbonyl (C=O) groups excluding carboxylic acids is 1. The molecule has 3 rings (SSSR count). The Morgan fingerprint density at radius 3 is 2.52 bits per heavy atom. The van der Waals surface area contributed by atoms with Gasteiger partial charge in [0.2, 0.25) is 0 Å². The summed E-state index contributed by atoms with van der Waals surface area (Å²) in [6.07, 6.45) is 3.40. The Balaban J connectivity index is 1.80. The number of carbonyl (C=O) groups is 1. The lowest BCUT2D eigenvalue weighted by molar-refractivity contribution is 0.104. The summed E-state index contributed by atoms with van der Waals surface area (Å²) >= 11 is 0. The third kappa shape index (κ3) is 4.57. The fourth-order valence-electron chi connectivity index (χ4n) is 3.27. The van der Waals surface area contributed by atoms with Crippen LogP contribution in [0.2, 0.25) is 0 Å². The highest BCUT2D eigenvalue weighted by atomic mass is 16.5. The van der Waals surface area contributed by atoms with Crippen LogP contribution in [0, 0.1) is 20.8 Å². The number of methoxy groups -OCH3 is 1. The molecule has 1 aromatic heterocycles. The zero-order valence-electron chi connectivity index (χ0n) is 17.5. The SMILES string of the molecule is COc1ccc(/C=C/C(=O)c2c(C)nn(C)c2C)cc1COc1ccccc1C. The standard InChI is InChI=1S/C24H26N2O3/c1-16-8-6-7-9-22(16)29-15-20-14-19(11-13-23(20)28-5)10-12-21(27)24-17(2)25-26(4)18(24)3/h6-14H,15H2,1-5H3/b12-10+. The Morgan fingerprint density at radius 2 is 1.86 bits per heavy atom. The molecule has 29 heavy (non-hydrogen) atoms. The first-order chi connectivity index (χ1) is 13.9. The van der Waals surface area contributed by atoms with Crippen molar-refractivity contribution in [1.82, 2.24) is 9.78 Å². The van der Waals surface area contributed by atoms with E-state index in [9.17, 15) is 4.79 Å². The number of allylic oxidation sites excluding steroid dienone is 1. The van der Waals surface area contributed by atoms with Crippen LogP contribution in [-0.2, 0) is 13.7 Å². The normalized spacial score (nSPS) is 11.1. The lowest BCUT2D eigenvalue weighted by atomic mass is 10.1. The number of para-hydroxylation sites is 1. The van der Waals surface area contributed by atoms with Gasteiger partial charge in [-0.25, -0.2) is 0 Å². The first-order valence-electron chi connectivity index (χ1n) is 9.48. The van der Waals surface area contributed by atoms with Crippen molar-refractivity contribution in [3.05, 3.63) is 82.2 Å². The molecule has 3 aromatic rings. The van der Waals surface area contributed by atoms with Gasteiger partial charge in [0, 0.05) is 18.3 Å². The highest BCUT2D eigenvalue weighted by molar-refractivity contribution is 6.08. The molecule has 150 valence electrons. The van der Waals surface area contributed by atoms with E-state index >= 15 is 0 Å². The number of hydrogen-bond donors (Lipinski definition) is 0. The number of ketones is 1. The summed E-state index contributed by atoms with van der Waals surface area (Å²) in [5.74, 6) is 1.54. The maximum absolute atomic E-state index is 12.6. The molecule has 0 aliphatic rings. The van der Waals surface area contributed by atoms with Crippen LogP contribution in [0.25, 0.3) is 6.08 Å². The van der Waals surface area contributed by atoms with Crippen molar-refractivity contribution in [2.75, 3.05) is 7.11 Å². The first-order valence-corrected chi connectivity index (χ1v) is 9.48. The molecule has 0 amide bonds. The minimum absolute atomic E-state index is 0.0540. The molecule has 0 aliphatic heterocycles. The fraction of sp³-hybridized carbons (Fsp3) is 0.250. The third-order valence-corrected chi connectivity index (χ3v) is 4.96. The minimum Gasteiger partial charge on any atom is -0.496 e. The number of ether oxygens (including phenoxy) is 2. The van der Waals surface area contributed by atoms with Crippen molar-refractivity contribution in [2.24, 2.45) is 7.05 Å². The molecule has 0 N–H and O–H groups in total. The van der Waals surface area contributed by atoms with Gasteiger partial charge in [-0.05, 0) is 56.2 Å². The van der Waals surface area contributed by atoms with Crippen LogP contribution in [-0.4, -0.2) is 22.7 Å². The van der Waals surface area contributed by atoms with E-state index in [-0.39, 0.29) is 5.78 Å². The van der Waals surface area contributed by atoms with E-state index in [1.807, 2.05) is 76.4 Å². The van der Waals surface area contributed by atoms with Crippen LogP contribution < -0.4 is 9.47 Å². The Morgan fingerprint density at radius 1 is 1.10 bits per heavy atom. The number of aromatic nitrogens is 2. The van der Waals surface area contributed by atoms with Gasteiger partial charge in [-0.15, -0.1) is 0 Å². The molecule has 0 bridgehead atoms. The lowest BCUT2D eigenvalue weighted by Gasteiger charge is -2.12. The summed E-state index contributed by atoms with van der Waals surface area (Å²) in [5.41, 5.74) is 5.15. The average Bonchev–Trinajstić information content (AvgIpc) is 2.97. The third-order valence-electron chi connectivity index (χ3n) is 4.96. The van der Waals surface area contributed by atoms with Crippen molar-refractivity contribution in [3.63, 3.8) is 0 Å². The van der Waals surface area contributed by atoms with Gasteiger partial charge in [-0.2, -0.15) is 5.10 Å². The molecule has 0 fully saturated rings. The fourth-order valence-corrected chi connectivity index (χ4v) is 3.27. The molecule has 2 aromatic carbocycles. The number of rotatable bonds is 7. The van der Waals surface area contributed by atoms with Crippen molar-refractivity contribution in [1.29, 1.82) is 0 Å². The van der Waals surface area contributed by atoms with E-state index in [4.69, 9.17) is 9.47 Å². The molecular weight excluding hydrogens is 364 g/mol. The first kappa shape index (κ1) is 20.4. The number of hydrogen-bond acceptors (Lipinski definition) is 4. The quantitative estimate of drug-likeness (QED) is 0.428. The molecule has 0 atom stereocenters. The zero-order chi connectivity index (χ0) is 21.0. The van der Waals surface area contributed by atoms with Crippen LogP contribution >= 0.6 is 0 Å². The van der Waals surface area contributed by atoms with Crippen molar-refractivity contribution in [2.45, 2.75) is 27.4 Å². The molecule has 1 heterocycles. The van der Waals surface area contributed by atoms with E-state index in [0.717, 1.165) is 39.6 Å². The summed E-state index contributed by atoms with van der Waals surface area (Å²) in [5, 5.41) is 4.31. The Labute approximate surface area is 171 Å². The molecule has 0 aliphatic carbocycles. The zero-order valence-corrected chi connectivity index (χ0v) is 17.5. The van der Waals surface area contributed by atoms with Crippen molar-refractivity contribution in [3.8, 4) is 11.5 Å². The number of aryl methyl sites for hydroxylation is 3. The second kappa shape index (κ2) is 8.78. The predicted octanol–water partition coefficient (Wildman–Crippen LogP) is 4.83. The van der Waals surface area contributed by atoms with E-state index in [1.165, 1.54) is 0 Å². The van der Waals surface area contributed by atoms with Gasteiger partial charge in [-0.3, -0.25) is 9.48 Å². The lowest BCUT2D eigenvalue weighted by Crippen LogP contribution is -2.01. The van der Waals surface area contributed by atoms with Gasteiger partial charge in [0.05, 0.1) is 18.4 Å². The molecular formula is C24H26N2O3. The van der Waals surface area contributed by atoms with Crippen LogP contribution in [0.4, 0.5) is 0 Å². The maximum Gasteiger partial charge on any atom is 0.189 e. The molecule has 0 radical (unpaired) electrons. The summed E-state index contributed by atoms with van der Waals surface area (Å²) in [6, 6.07) is 13.7.